The number of anilines is 1. The molecule has 0 saturated carbocycles. The summed E-state index contributed by atoms with van der Waals surface area (Å²) in [6.45, 7) is 2.11. The maximum absolute atomic E-state index is 12.7. The van der Waals surface area contributed by atoms with Crippen molar-refractivity contribution in [3.05, 3.63) is 52.7 Å². The number of thiophene rings is 1. The quantitative estimate of drug-likeness (QED) is 0.786. The van der Waals surface area contributed by atoms with Crippen molar-refractivity contribution in [2.45, 2.75) is 19.3 Å². The van der Waals surface area contributed by atoms with Crippen molar-refractivity contribution in [3.8, 4) is 0 Å². The van der Waals surface area contributed by atoms with Gasteiger partial charge in [0.05, 0.1) is 4.88 Å². The molecule has 2 aromatic rings. The minimum Gasteiger partial charge on any atom is -0.481 e. The number of nitrogens with zero attached hydrogens (tertiary/aromatic N) is 2. The molecule has 6 heteroatoms. The van der Waals surface area contributed by atoms with E-state index in [-0.39, 0.29) is 24.2 Å². The van der Waals surface area contributed by atoms with Gasteiger partial charge in [0.15, 0.2) is 0 Å². The number of hydrogen-bond donors (Lipinski definition) is 1. The maximum Gasteiger partial charge on any atom is 0.303 e. The summed E-state index contributed by atoms with van der Waals surface area (Å²) in [6, 6.07) is 13.9. The minimum absolute atomic E-state index is 0.0696. The molecular formula is C21H26N2O3S. The number of amides is 1. The van der Waals surface area contributed by atoms with E-state index in [1.165, 1.54) is 11.3 Å². The first-order chi connectivity index (χ1) is 13.0. The van der Waals surface area contributed by atoms with Crippen LogP contribution in [0.25, 0.3) is 0 Å². The molecule has 1 amide bonds. The number of hydrogen-bond acceptors (Lipinski definition) is 4. The van der Waals surface area contributed by atoms with Gasteiger partial charge in [-0.15, -0.1) is 11.3 Å². The van der Waals surface area contributed by atoms with Gasteiger partial charge < -0.3 is 14.9 Å². The van der Waals surface area contributed by atoms with Crippen molar-refractivity contribution in [1.82, 2.24) is 4.90 Å². The molecule has 1 N–H and O–H groups in total. The highest BCUT2D eigenvalue weighted by atomic mass is 32.1. The fourth-order valence-corrected chi connectivity index (χ4v) is 4.50. The molecule has 5 nitrogen and oxygen atoms in total. The van der Waals surface area contributed by atoms with Gasteiger partial charge in [-0.3, -0.25) is 9.59 Å². The average Bonchev–Trinajstić information content (AvgIpc) is 3.21. The van der Waals surface area contributed by atoms with Crippen molar-refractivity contribution in [2.24, 2.45) is 11.8 Å². The third kappa shape index (κ3) is 5.10. The van der Waals surface area contributed by atoms with E-state index in [0.29, 0.717) is 13.1 Å². The molecule has 3 rings (SSSR count). The standard InChI is InChI=1S/C21H26N2O3S/c1-22(18-6-3-2-4-7-18)11-9-17-15-23(12-10-16(17)14-20(24)25)21(26)19-8-5-13-27-19/h2-8,13,16-17H,9-12,14-15H2,1H3,(H,24,25)/t16-,17+/m0/s1. The van der Waals surface area contributed by atoms with Crippen LogP contribution in [0.15, 0.2) is 47.8 Å². The number of aliphatic carboxylic acids is 1. The minimum atomic E-state index is -0.751. The summed E-state index contributed by atoms with van der Waals surface area (Å²) < 4.78 is 0. The summed E-state index contributed by atoms with van der Waals surface area (Å²) in [4.78, 5) is 28.8. The van der Waals surface area contributed by atoms with Crippen LogP contribution in [0.5, 0.6) is 0 Å². The van der Waals surface area contributed by atoms with Gasteiger partial charge in [-0.2, -0.15) is 0 Å². The average molecular weight is 387 g/mol. The highest BCUT2D eigenvalue weighted by Gasteiger charge is 2.33. The van der Waals surface area contributed by atoms with Gasteiger partial charge in [-0.1, -0.05) is 24.3 Å². The molecule has 2 atom stereocenters. The van der Waals surface area contributed by atoms with Crippen LogP contribution in [0.1, 0.15) is 28.9 Å². The van der Waals surface area contributed by atoms with E-state index in [0.717, 1.165) is 30.0 Å². The zero-order valence-electron chi connectivity index (χ0n) is 15.6. The first-order valence-electron chi connectivity index (χ1n) is 9.35. The summed E-state index contributed by atoms with van der Waals surface area (Å²) in [6.07, 6.45) is 1.81. The fraction of sp³-hybridized carbons (Fsp3) is 0.429. The number of carboxylic acids is 1. The summed E-state index contributed by atoms with van der Waals surface area (Å²) in [5, 5.41) is 11.2. The van der Waals surface area contributed by atoms with E-state index in [1.807, 2.05) is 40.6 Å². The number of likely N-dealkylation sites (tertiary alicyclic amines) is 1. The summed E-state index contributed by atoms with van der Waals surface area (Å²) >= 11 is 1.46. The van der Waals surface area contributed by atoms with Gasteiger partial charge in [0, 0.05) is 38.8 Å². The van der Waals surface area contributed by atoms with Crippen LogP contribution >= 0.6 is 11.3 Å². The Morgan fingerprint density at radius 2 is 1.96 bits per heavy atom. The van der Waals surface area contributed by atoms with Crippen LogP contribution in [0, 0.1) is 11.8 Å². The van der Waals surface area contributed by atoms with Crippen molar-refractivity contribution >= 4 is 28.9 Å². The second-order valence-corrected chi connectivity index (χ2v) is 8.13. The van der Waals surface area contributed by atoms with Gasteiger partial charge in [-0.05, 0) is 48.3 Å². The molecule has 1 saturated heterocycles. The van der Waals surface area contributed by atoms with E-state index in [4.69, 9.17) is 0 Å². The summed E-state index contributed by atoms with van der Waals surface area (Å²) in [7, 11) is 2.05. The van der Waals surface area contributed by atoms with Crippen LogP contribution in [-0.2, 0) is 4.79 Å². The van der Waals surface area contributed by atoms with Crippen LogP contribution in [0.3, 0.4) is 0 Å². The van der Waals surface area contributed by atoms with Crippen molar-refractivity contribution in [1.29, 1.82) is 0 Å². The Balaban J connectivity index is 1.65. The van der Waals surface area contributed by atoms with Crippen molar-refractivity contribution in [3.63, 3.8) is 0 Å². The van der Waals surface area contributed by atoms with Crippen LogP contribution in [0.4, 0.5) is 5.69 Å². The Bertz CT molecular complexity index is 748. The molecule has 1 aliphatic rings. The molecule has 1 aromatic carbocycles. The highest BCUT2D eigenvalue weighted by Crippen LogP contribution is 2.31. The Morgan fingerprint density at radius 1 is 1.19 bits per heavy atom. The lowest BCUT2D eigenvalue weighted by atomic mass is 9.81. The Hall–Kier alpha value is -2.34. The molecule has 1 fully saturated rings. The molecule has 0 bridgehead atoms. The Morgan fingerprint density at radius 3 is 2.63 bits per heavy atom. The molecule has 0 unspecified atom stereocenters. The van der Waals surface area contributed by atoms with Gasteiger partial charge in [0.1, 0.15) is 0 Å². The zero-order valence-corrected chi connectivity index (χ0v) is 16.4. The molecule has 2 heterocycles. The number of rotatable bonds is 7. The van der Waals surface area contributed by atoms with Gasteiger partial charge in [0.2, 0.25) is 0 Å². The van der Waals surface area contributed by atoms with Crippen LogP contribution < -0.4 is 4.90 Å². The number of para-hydroxylation sites is 1. The number of carboxylic acid groups (broad SMARTS) is 1. The first-order valence-corrected chi connectivity index (χ1v) is 10.2. The predicted molar refractivity (Wildman–Crippen MR) is 108 cm³/mol. The van der Waals surface area contributed by atoms with E-state index >= 15 is 0 Å². The number of piperidine rings is 1. The molecule has 144 valence electrons. The van der Waals surface area contributed by atoms with E-state index in [1.54, 1.807) is 0 Å². The normalized spacial score (nSPS) is 19.7. The van der Waals surface area contributed by atoms with E-state index in [9.17, 15) is 14.7 Å². The fourth-order valence-electron chi connectivity index (χ4n) is 3.81. The monoisotopic (exact) mass is 386 g/mol. The maximum atomic E-state index is 12.7. The third-order valence-corrected chi connectivity index (χ3v) is 6.24. The number of benzene rings is 1. The first kappa shape index (κ1) is 19.4. The van der Waals surface area contributed by atoms with Crippen molar-refractivity contribution in [2.75, 3.05) is 31.6 Å². The largest absolute Gasteiger partial charge is 0.481 e. The second-order valence-electron chi connectivity index (χ2n) is 7.18. The number of carbonyl (C=O) groups is 2. The SMILES string of the molecule is CN(CC[C@@H]1CN(C(=O)c2cccs2)CC[C@H]1CC(=O)O)c1ccccc1. The molecular weight excluding hydrogens is 360 g/mol. The Labute approximate surface area is 164 Å². The molecule has 0 spiro atoms. The molecule has 1 aliphatic heterocycles. The zero-order chi connectivity index (χ0) is 19.2. The molecule has 0 aliphatic carbocycles. The second kappa shape index (κ2) is 9.04. The lowest BCUT2D eigenvalue weighted by Crippen LogP contribution is -2.45. The smallest absolute Gasteiger partial charge is 0.303 e. The third-order valence-electron chi connectivity index (χ3n) is 5.38. The van der Waals surface area contributed by atoms with Gasteiger partial charge in [-0.25, -0.2) is 0 Å². The van der Waals surface area contributed by atoms with E-state index < -0.39 is 5.97 Å². The van der Waals surface area contributed by atoms with Crippen LogP contribution in [-0.4, -0.2) is 48.6 Å². The van der Waals surface area contributed by atoms with Gasteiger partial charge in [0.25, 0.3) is 5.91 Å². The van der Waals surface area contributed by atoms with Crippen LogP contribution in [0.2, 0.25) is 0 Å². The molecule has 0 radical (unpaired) electrons. The predicted octanol–water partition coefficient (Wildman–Crippen LogP) is 3.83. The van der Waals surface area contributed by atoms with E-state index in [2.05, 4.69) is 24.1 Å². The lowest BCUT2D eigenvalue weighted by molar-refractivity contribution is -0.139. The lowest BCUT2D eigenvalue weighted by Gasteiger charge is -2.39. The Kier molecular flexibility index (Phi) is 6.50. The number of carbonyl (C=O) groups excluding carboxylic acids is 1. The molecule has 27 heavy (non-hydrogen) atoms. The summed E-state index contributed by atoms with van der Waals surface area (Å²) in [5.41, 5.74) is 1.15. The highest BCUT2D eigenvalue weighted by molar-refractivity contribution is 7.12. The van der Waals surface area contributed by atoms with Crippen molar-refractivity contribution < 1.29 is 14.7 Å². The molecule has 1 aromatic heterocycles. The topological polar surface area (TPSA) is 60.9 Å². The van der Waals surface area contributed by atoms with Gasteiger partial charge >= 0.3 is 5.97 Å². The summed E-state index contributed by atoms with van der Waals surface area (Å²) in [5.74, 6) is -0.358.